The van der Waals surface area contributed by atoms with Gasteiger partial charge in [0.2, 0.25) is 5.91 Å². The molecule has 0 spiro atoms. The van der Waals surface area contributed by atoms with Crippen LogP contribution in [0.5, 0.6) is 0 Å². The van der Waals surface area contributed by atoms with E-state index in [-0.39, 0.29) is 17.2 Å². The first kappa shape index (κ1) is 23.1. The van der Waals surface area contributed by atoms with Gasteiger partial charge in [0, 0.05) is 19.3 Å². The Hall–Kier alpha value is -3.53. The van der Waals surface area contributed by atoms with E-state index < -0.39 is 15.1 Å². The normalized spacial score (nSPS) is 11.2. The Balaban J connectivity index is 1.39. The van der Waals surface area contributed by atoms with E-state index in [1.807, 2.05) is 12.1 Å². The van der Waals surface area contributed by atoms with Crippen molar-refractivity contribution >= 4 is 33.1 Å². The molecule has 9 nitrogen and oxygen atoms in total. The fraction of sp³-hybridized carbons (Fsp3) is 0.273. The second-order valence-corrected chi connectivity index (χ2v) is 9.87. The van der Waals surface area contributed by atoms with Crippen LogP contribution in [0.2, 0.25) is 0 Å². The highest BCUT2D eigenvalue weighted by atomic mass is 32.2. The van der Waals surface area contributed by atoms with Crippen LogP contribution in [-0.2, 0) is 21.1 Å². The van der Waals surface area contributed by atoms with Crippen molar-refractivity contribution in [3.05, 3.63) is 66.5 Å². The summed E-state index contributed by atoms with van der Waals surface area (Å²) in [7, 11) is -3.31. The van der Waals surface area contributed by atoms with Gasteiger partial charge in [0.25, 0.3) is 0 Å². The van der Waals surface area contributed by atoms with Gasteiger partial charge in [-0.15, -0.1) is 10.2 Å². The minimum atomic E-state index is -3.31. The van der Waals surface area contributed by atoms with E-state index in [0.717, 1.165) is 11.3 Å². The first-order valence-electron chi connectivity index (χ1n) is 10.2. The summed E-state index contributed by atoms with van der Waals surface area (Å²) in [5, 5.41) is 16.7. The Bertz CT molecular complexity index is 1120. The molecule has 0 saturated carbocycles. The summed E-state index contributed by atoms with van der Waals surface area (Å²) in [6.07, 6.45) is 3.56. The Kier molecular flexibility index (Phi) is 7.72. The van der Waals surface area contributed by atoms with Gasteiger partial charge < -0.3 is 16.0 Å². The molecule has 1 amide bonds. The first-order valence-corrected chi connectivity index (χ1v) is 11.7. The molecule has 3 aromatic rings. The molecule has 32 heavy (non-hydrogen) atoms. The minimum absolute atomic E-state index is 0.145. The fourth-order valence-electron chi connectivity index (χ4n) is 2.79. The van der Waals surface area contributed by atoms with E-state index in [1.54, 1.807) is 62.6 Å². The van der Waals surface area contributed by atoms with E-state index in [4.69, 9.17) is 0 Å². The van der Waals surface area contributed by atoms with Crippen LogP contribution in [0.15, 0.2) is 65.8 Å². The summed E-state index contributed by atoms with van der Waals surface area (Å²) in [5.41, 5.74) is 1.57. The van der Waals surface area contributed by atoms with Crippen LogP contribution < -0.4 is 16.0 Å². The van der Waals surface area contributed by atoms with Gasteiger partial charge in [0.1, 0.15) is 5.82 Å². The van der Waals surface area contributed by atoms with Crippen molar-refractivity contribution in [3.8, 4) is 0 Å². The number of hydrogen-bond donors (Lipinski definition) is 3. The number of aromatic nitrogens is 3. The zero-order chi connectivity index (χ0) is 23.0. The average Bonchev–Trinajstić information content (AvgIpc) is 2.79. The second kappa shape index (κ2) is 10.7. The molecular formula is C22H26N6O3S. The monoisotopic (exact) mass is 454 g/mol. The molecule has 0 fully saturated rings. The lowest BCUT2D eigenvalue weighted by Gasteiger charge is -2.10. The molecule has 10 heteroatoms. The third kappa shape index (κ3) is 6.48. The van der Waals surface area contributed by atoms with Crippen LogP contribution >= 0.6 is 0 Å². The van der Waals surface area contributed by atoms with E-state index in [0.29, 0.717) is 24.7 Å². The smallest absolute Gasteiger partial charge is 0.224 e. The van der Waals surface area contributed by atoms with Crippen LogP contribution in [0.4, 0.5) is 17.3 Å². The highest BCUT2D eigenvalue weighted by Gasteiger charge is 2.18. The van der Waals surface area contributed by atoms with Gasteiger partial charge in [-0.3, -0.25) is 9.78 Å². The molecule has 0 aliphatic rings. The van der Waals surface area contributed by atoms with Gasteiger partial charge in [0.05, 0.1) is 28.5 Å². The van der Waals surface area contributed by atoms with Crippen molar-refractivity contribution in [2.45, 2.75) is 30.4 Å². The van der Waals surface area contributed by atoms with Crippen molar-refractivity contribution in [2.75, 3.05) is 23.7 Å². The summed E-state index contributed by atoms with van der Waals surface area (Å²) in [6, 6.07) is 13.7. The average molecular weight is 455 g/mol. The lowest BCUT2D eigenvalue weighted by atomic mass is 10.1. The number of nitrogens with zero attached hydrogens (tertiary/aromatic N) is 3. The summed E-state index contributed by atoms with van der Waals surface area (Å²) >= 11 is 0. The summed E-state index contributed by atoms with van der Waals surface area (Å²) in [4.78, 5) is 16.4. The van der Waals surface area contributed by atoms with Gasteiger partial charge in [-0.2, -0.15) is 0 Å². The fourth-order valence-corrected chi connectivity index (χ4v) is 3.85. The van der Waals surface area contributed by atoms with E-state index >= 15 is 0 Å². The molecule has 2 heterocycles. The molecule has 0 bridgehead atoms. The largest absolute Gasteiger partial charge is 0.367 e. The van der Waals surface area contributed by atoms with Crippen molar-refractivity contribution in [1.29, 1.82) is 0 Å². The zero-order valence-electron chi connectivity index (χ0n) is 17.9. The Labute approximate surface area is 187 Å². The maximum absolute atomic E-state index is 12.2. The molecule has 168 valence electrons. The molecule has 3 rings (SSSR count). The zero-order valence-corrected chi connectivity index (χ0v) is 18.8. The van der Waals surface area contributed by atoms with Gasteiger partial charge in [0.15, 0.2) is 15.7 Å². The highest BCUT2D eigenvalue weighted by Crippen LogP contribution is 2.17. The molecule has 0 aliphatic heterocycles. The second-order valence-electron chi connectivity index (χ2n) is 7.36. The van der Waals surface area contributed by atoms with Gasteiger partial charge >= 0.3 is 0 Å². The number of pyridine rings is 1. The minimum Gasteiger partial charge on any atom is -0.367 e. The number of carbonyl (C=O) groups excluding carboxylic acids is 1. The van der Waals surface area contributed by atoms with Crippen LogP contribution in [0.25, 0.3) is 0 Å². The van der Waals surface area contributed by atoms with Crippen molar-refractivity contribution in [2.24, 2.45) is 0 Å². The maximum atomic E-state index is 12.2. The summed E-state index contributed by atoms with van der Waals surface area (Å²) in [5.74, 6) is 1.05. The van der Waals surface area contributed by atoms with Crippen molar-refractivity contribution < 1.29 is 13.2 Å². The maximum Gasteiger partial charge on any atom is 0.224 e. The van der Waals surface area contributed by atoms with Gasteiger partial charge in [-0.05, 0) is 55.8 Å². The third-order valence-corrected chi connectivity index (χ3v) is 6.76. The molecule has 3 N–H and O–H groups in total. The van der Waals surface area contributed by atoms with Crippen LogP contribution in [-0.4, -0.2) is 47.8 Å². The number of benzene rings is 1. The van der Waals surface area contributed by atoms with Gasteiger partial charge in [-0.1, -0.05) is 12.1 Å². The van der Waals surface area contributed by atoms with Crippen molar-refractivity contribution in [1.82, 2.24) is 20.5 Å². The lowest BCUT2D eigenvalue weighted by Crippen LogP contribution is -2.30. The topological polar surface area (TPSA) is 126 Å². The van der Waals surface area contributed by atoms with Crippen LogP contribution in [0.3, 0.4) is 0 Å². The quantitative estimate of drug-likeness (QED) is 0.399. The molecular weight excluding hydrogens is 428 g/mol. The standard InChI is InChI=1S/C22H26N6O3S/c1-16(2)32(30,31)19-7-5-17(6-8-19)14-22(29)25-13-12-24-20-9-10-21(28-27-20)26-18-4-3-11-23-15-18/h3-11,15-16H,12-14H2,1-2H3,(H,24,27)(H,25,29)(H,26,28). The molecule has 0 radical (unpaired) electrons. The summed E-state index contributed by atoms with van der Waals surface area (Å²) < 4.78 is 24.3. The molecule has 2 aromatic heterocycles. The van der Waals surface area contributed by atoms with E-state index in [9.17, 15) is 13.2 Å². The molecule has 1 aromatic carbocycles. The molecule has 0 unspecified atom stereocenters. The third-order valence-electron chi connectivity index (χ3n) is 4.59. The van der Waals surface area contributed by atoms with Crippen LogP contribution in [0, 0.1) is 0 Å². The number of nitrogens with one attached hydrogen (secondary N) is 3. The molecule has 0 aliphatic carbocycles. The predicted molar refractivity (Wildman–Crippen MR) is 124 cm³/mol. The van der Waals surface area contributed by atoms with E-state index in [2.05, 4.69) is 31.1 Å². The summed E-state index contributed by atoms with van der Waals surface area (Å²) in [6.45, 7) is 4.19. The first-order chi connectivity index (χ1) is 15.3. The van der Waals surface area contributed by atoms with Crippen molar-refractivity contribution in [3.63, 3.8) is 0 Å². The Morgan fingerprint density at radius 1 is 0.969 bits per heavy atom. The van der Waals surface area contributed by atoms with Crippen LogP contribution in [0.1, 0.15) is 19.4 Å². The SMILES string of the molecule is CC(C)S(=O)(=O)c1ccc(CC(=O)NCCNc2ccc(Nc3cccnc3)nn2)cc1. The number of amides is 1. The van der Waals surface area contributed by atoms with Gasteiger partial charge in [-0.25, -0.2) is 8.42 Å². The number of rotatable bonds is 10. The predicted octanol–water partition coefficient (Wildman–Crippen LogP) is 2.57. The lowest BCUT2D eigenvalue weighted by molar-refractivity contribution is -0.120. The number of anilines is 3. The Morgan fingerprint density at radius 2 is 1.69 bits per heavy atom. The molecule has 0 atom stereocenters. The highest BCUT2D eigenvalue weighted by molar-refractivity contribution is 7.92. The number of hydrogen-bond acceptors (Lipinski definition) is 8. The molecule has 0 saturated heterocycles. The number of carbonyl (C=O) groups is 1. The Morgan fingerprint density at radius 3 is 2.31 bits per heavy atom. The number of sulfone groups is 1. The van der Waals surface area contributed by atoms with E-state index in [1.165, 1.54) is 0 Å².